The highest BCUT2D eigenvalue weighted by Gasteiger charge is 1.97. The van der Waals surface area contributed by atoms with Gasteiger partial charge in [0.2, 0.25) is 0 Å². The molecule has 0 saturated heterocycles. The number of halogens is 1. The zero-order valence-electron chi connectivity index (χ0n) is 9.52. The molecule has 0 aliphatic carbocycles. The molecule has 0 fully saturated rings. The average Bonchev–Trinajstić information content (AvgIpc) is 2.39. The molecule has 0 aliphatic heterocycles. The molecule has 2 rings (SSSR count). The van der Waals surface area contributed by atoms with Crippen molar-refractivity contribution in [1.29, 1.82) is 0 Å². The smallest absolute Gasteiger partial charge is 0.123 e. The van der Waals surface area contributed by atoms with E-state index in [0.717, 1.165) is 11.3 Å². The molecule has 17 heavy (non-hydrogen) atoms. The van der Waals surface area contributed by atoms with E-state index >= 15 is 0 Å². The van der Waals surface area contributed by atoms with Crippen LogP contribution in [0.1, 0.15) is 5.56 Å². The second-order valence-electron chi connectivity index (χ2n) is 3.59. The second-order valence-corrected chi connectivity index (χ2v) is 4.47. The minimum Gasteiger partial charge on any atom is -0.489 e. The second kappa shape index (κ2) is 5.73. The maximum Gasteiger partial charge on any atom is 0.123 e. The van der Waals surface area contributed by atoms with Crippen LogP contribution in [0.2, 0.25) is 0 Å². The topological polar surface area (TPSA) is 9.23 Å². The van der Waals surface area contributed by atoms with Crippen molar-refractivity contribution in [2.24, 2.45) is 0 Å². The highest BCUT2D eigenvalue weighted by atomic mass is 32.2. The first-order chi connectivity index (χ1) is 8.28. The molecule has 0 saturated carbocycles. The predicted molar refractivity (Wildman–Crippen MR) is 69.0 cm³/mol. The molecule has 0 unspecified atom stereocenters. The van der Waals surface area contributed by atoms with E-state index in [2.05, 4.69) is 0 Å². The number of hydrogen-bond donors (Lipinski definition) is 0. The van der Waals surface area contributed by atoms with Crippen LogP contribution in [0.25, 0.3) is 0 Å². The number of benzene rings is 2. The quantitative estimate of drug-likeness (QED) is 0.752. The highest BCUT2D eigenvalue weighted by Crippen LogP contribution is 2.19. The molecule has 0 amide bonds. The van der Waals surface area contributed by atoms with Crippen molar-refractivity contribution in [3.8, 4) is 5.75 Å². The number of hydrogen-bond acceptors (Lipinski definition) is 2. The molecule has 0 bridgehead atoms. The normalized spacial score (nSPS) is 10.2. The summed E-state index contributed by atoms with van der Waals surface area (Å²) in [5, 5.41) is 0. The fraction of sp³-hybridized carbons (Fsp3) is 0.143. The maximum atomic E-state index is 12.7. The van der Waals surface area contributed by atoms with E-state index in [0.29, 0.717) is 6.61 Å². The summed E-state index contributed by atoms with van der Waals surface area (Å²) < 4.78 is 18.3. The maximum absolute atomic E-state index is 12.7. The molecule has 3 heteroatoms. The minimum atomic E-state index is -0.224. The number of rotatable bonds is 4. The first kappa shape index (κ1) is 12.0. The van der Waals surface area contributed by atoms with Gasteiger partial charge in [-0.3, -0.25) is 0 Å². The van der Waals surface area contributed by atoms with E-state index in [1.54, 1.807) is 23.9 Å². The Labute approximate surface area is 105 Å². The number of ether oxygens (including phenoxy) is 1. The summed E-state index contributed by atoms with van der Waals surface area (Å²) in [5.41, 5.74) is 0.959. The van der Waals surface area contributed by atoms with Gasteiger partial charge in [-0.1, -0.05) is 12.1 Å². The van der Waals surface area contributed by atoms with Gasteiger partial charge in [0.15, 0.2) is 0 Å². The third kappa shape index (κ3) is 3.49. The first-order valence-electron chi connectivity index (χ1n) is 5.29. The van der Waals surface area contributed by atoms with Crippen LogP contribution in [0, 0.1) is 5.82 Å². The molecule has 0 atom stereocenters. The summed E-state index contributed by atoms with van der Waals surface area (Å²) in [6.07, 6.45) is 2.04. The third-order valence-corrected chi connectivity index (χ3v) is 3.12. The van der Waals surface area contributed by atoms with E-state index in [-0.39, 0.29) is 5.82 Å². The van der Waals surface area contributed by atoms with Crippen LogP contribution in [0.5, 0.6) is 5.75 Å². The van der Waals surface area contributed by atoms with Gasteiger partial charge >= 0.3 is 0 Å². The monoisotopic (exact) mass is 248 g/mol. The van der Waals surface area contributed by atoms with Crippen LogP contribution in [0.3, 0.4) is 0 Å². The molecule has 0 radical (unpaired) electrons. The Balaban J connectivity index is 1.95. The van der Waals surface area contributed by atoms with Gasteiger partial charge in [0.1, 0.15) is 18.2 Å². The minimum absolute atomic E-state index is 0.224. The van der Waals surface area contributed by atoms with Crippen LogP contribution in [0.4, 0.5) is 4.39 Å². The van der Waals surface area contributed by atoms with Crippen molar-refractivity contribution >= 4 is 11.8 Å². The van der Waals surface area contributed by atoms with Crippen LogP contribution in [0.15, 0.2) is 53.4 Å². The zero-order valence-corrected chi connectivity index (χ0v) is 10.3. The van der Waals surface area contributed by atoms with Gasteiger partial charge in [-0.25, -0.2) is 4.39 Å². The number of thioether (sulfide) groups is 1. The lowest BCUT2D eigenvalue weighted by molar-refractivity contribution is 0.306. The van der Waals surface area contributed by atoms with Crippen LogP contribution < -0.4 is 4.74 Å². The summed E-state index contributed by atoms with van der Waals surface area (Å²) in [7, 11) is 0. The van der Waals surface area contributed by atoms with Crippen LogP contribution in [-0.4, -0.2) is 6.26 Å². The Hall–Kier alpha value is -1.48. The van der Waals surface area contributed by atoms with Gasteiger partial charge < -0.3 is 4.74 Å². The largest absolute Gasteiger partial charge is 0.489 e. The lowest BCUT2D eigenvalue weighted by Crippen LogP contribution is -1.95. The summed E-state index contributed by atoms with van der Waals surface area (Å²) in [4.78, 5) is 1.21. The van der Waals surface area contributed by atoms with Crippen molar-refractivity contribution < 1.29 is 9.13 Å². The van der Waals surface area contributed by atoms with Crippen LogP contribution >= 0.6 is 11.8 Å². The van der Waals surface area contributed by atoms with Crippen LogP contribution in [-0.2, 0) is 6.61 Å². The van der Waals surface area contributed by atoms with E-state index < -0.39 is 0 Å². The molecular weight excluding hydrogens is 235 g/mol. The summed E-state index contributed by atoms with van der Waals surface area (Å²) >= 11 is 1.70. The molecule has 0 aromatic heterocycles. The summed E-state index contributed by atoms with van der Waals surface area (Å²) in [5.74, 6) is 0.602. The van der Waals surface area contributed by atoms with Crippen molar-refractivity contribution in [1.82, 2.24) is 0 Å². The molecule has 0 spiro atoms. The van der Waals surface area contributed by atoms with Gasteiger partial charge in [0, 0.05) is 4.90 Å². The molecule has 0 heterocycles. The molecule has 2 aromatic rings. The lowest BCUT2D eigenvalue weighted by atomic mass is 10.2. The highest BCUT2D eigenvalue weighted by molar-refractivity contribution is 7.98. The lowest BCUT2D eigenvalue weighted by Gasteiger charge is -2.06. The Bertz CT molecular complexity index is 465. The van der Waals surface area contributed by atoms with E-state index in [1.165, 1.54) is 17.0 Å². The fourth-order valence-corrected chi connectivity index (χ4v) is 1.83. The van der Waals surface area contributed by atoms with Gasteiger partial charge in [0.05, 0.1) is 0 Å². The van der Waals surface area contributed by atoms with Crippen molar-refractivity contribution in [3.63, 3.8) is 0 Å². The van der Waals surface area contributed by atoms with Crippen molar-refractivity contribution in [2.75, 3.05) is 6.26 Å². The Morgan fingerprint density at radius 1 is 1.00 bits per heavy atom. The third-order valence-electron chi connectivity index (χ3n) is 2.38. The van der Waals surface area contributed by atoms with E-state index in [1.807, 2.05) is 30.5 Å². The molecule has 1 nitrogen and oxygen atoms in total. The first-order valence-corrected chi connectivity index (χ1v) is 6.52. The van der Waals surface area contributed by atoms with Crippen molar-refractivity contribution in [3.05, 3.63) is 59.9 Å². The van der Waals surface area contributed by atoms with E-state index in [4.69, 9.17) is 4.74 Å². The fourth-order valence-electron chi connectivity index (χ4n) is 1.42. The SMILES string of the molecule is CSc1ccc(OCc2ccc(F)cc2)cc1. The van der Waals surface area contributed by atoms with Gasteiger partial charge in [-0.05, 0) is 48.2 Å². The van der Waals surface area contributed by atoms with Gasteiger partial charge in [0.25, 0.3) is 0 Å². The summed E-state index contributed by atoms with van der Waals surface area (Å²) in [6, 6.07) is 14.3. The molecular formula is C14H13FOS. The van der Waals surface area contributed by atoms with E-state index in [9.17, 15) is 4.39 Å². The Kier molecular flexibility index (Phi) is 4.04. The van der Waals surface area contributed by atoms with Gasteiger partial charge in [-0.15, -0.1) is 11.8 Å². The van der Waals surface area contributed by atoms with Gasteiger partial charge in [-0.2, -0.15) is 0 Å². The van der Waals surface area contributed by atoms with Crippen molar-refractivity contribution in [2.45, 2.75) is 11.5 Å². The standard InChI is InChI=1S/C14H13FOS/c1-17-14-8-6-13(7-9-14)16-10-11-2-4-12(15)5-3-11/h2-9H,10H2,1H3. The Morgan fingerprint density at radius 3 is 2.24 bits per heavy atom. The Morgan fingerprint density at radius 2 is 1.65 bits per heavy atom. The summed E-state index contributed by atoms with van der Waals surface area (Å²) in [6.45, 7) is 0.457. The molecule has 2 aromatic carbocycles. The zero-order chi connectivity index (χ0) is 12.1. The average molecular weight is 248 g/mol. The molecule has 88 valence electrons. The molecule has 0 aliphatic rings. The molecule has 0 N–H and O–H groups in total. The predicted octanol–water partition coefficient (Wildman–Crippen LogP) is 4.13.